The molecule has 0 saturated carbocycles. The van der Waals surface area contributed by atoms with E-state index in [0.29, 0.717) is 23.8 Å². The van der Waals surface area contributed by atoms with Crippen LogP contribution in [0.2, 0.25) is 0 Å². The number of amides is 1. The zero-order valence-electron chi connectivity index (χ0n) is 19.2. The Morgan fingerprint density at radius 2 is 1.58 bits per heavy atom. The van der Waals surface area contributed by atoms with Crippen LogP contribution in [0.3, 0.4) is 0 Å². The SMILES string of the molecule is Cc1cc(C)c(-c2csc(NC(=O)c3ccc(S(=O)(=O)N4CCCCCC4)cc3)n2)c(C)c1. The van der Waals surface area contributed by atoms with Crippen molar-refractivity contribution in [1.29, 1.82) is 0 Å². The molecule has 0 aliphatic carbocycles. The molecule has 1 saturated heterocycles. The smallest absolute Gasteiger partial charge is 0.257 e. The number of nitrogens with zero attached hydrogens (tertiary/aromatic N) is 2. The van der Waals surface area contributed by atoms with E-state index < -0.39 is 10.0 Å². The van der Waals surface area contributed by atoms with Crippen molar-refractivity contribution < 1.29 is 13.2 Å². The molecule has 1 fully saturated rings. The van der Waals surface area contributed by atoms with Crippen molar-refractivity contribution in [2.45, 2.75) is 51.3 Å². The number of sulfonamides is 1. The number of nitrogens with one attached hydrogen (secondary N) is 1. The second-order valence-electron chi connectivity index (χ2n) is 8.61. The predicted molar refractivity (Wildman–Crippen MR) is 133 cm³/mol. The number of carbonyl (C=O) groups excluding carboxylic acids is 1. The lowest BCUT2D eigenvalue weighted by Crippen LogP contribution is -2.31. The average Bonchev–Trinajstić information content (AvgIpc) is 3.03. The van der Waals surface area contributed by atoms with Crippen molar-refractivity contribution >= 4 is 32.4 Å². The molecular formula is C25H29N3O3S2. The van der Waals surface area contributed by atoms with E-state index in [2.05, 4.69) is 43.2 Å². The monoisotopic (exact) mass is 483 g/mol. The Hall–Kier alpha value is -2.55. The number of hydrogen-bond acceptors (Lipinski definition) is 5. The van der Waals surface area contributed by atoms with Gasteiger partial charge in [0, 0.05) is 29.6 Å². The summed E-state index contributed by atoms with van der Waals surface area (Å²) in [7, 11) is -3.53. The highest BCUT2D eigenvalue weighted by atomic mass is 32.2. The standard InChI is InChI=1S/C25H29N3O3S2/c1-17-14-18(2)23(19(3)15-17)22-16-32-25(26-22)27-24(29)20-8-10-21(11-9-20)33(30,31)28-12-6-4-5-7-13-28/h8-11,14-16H,4-7,12-13H2,1-3H3,(H,26,27,29). The number of thiazole rings is 1. The molecule has 0 atom stereocenters. The Morgan fingerprint density at radius 1 is 0.970 bits per heavy atom. The van der Waals surface area contributed by atoms with Gasteiger partial charge in [-0.1, -0.05) is 30.5 Å². The van der Waals surface area contributed by atoms with Gasteiger partial charge in [0.2, 0.25) is 10.0 Å². The minimum absolute atomic E-state index is 0.225. The summed E-state index contributed by atoms with van der Waals surface area (Å²) in [5, 5.41) is 5.29. The predicted octanol–water partition coefficient (Wildman–Crippen LogP) is 5.55. The molecule has 0 bridgehead atoms. The van der Waals surface area contributed by atoms with Crippen molar-refractivity contribution in [2.24, 2.45) is 0 Å². The lowest BCUT2D eigenvalue weighted by molar-refractivity contribution is 0.102. The maximum atomic E-state index is 12.9. The number of aromatic nitrogens is 1. The summed E-state index contributed by atoms with van der Waals surface area (Å²) in [5.74, 6) is -0.313. The summed E-state index contributed by atoms with van der Waals surface area (Å²) in [4.78, 5) is 17.6. The number of anilines is 1. The molecule has 0 radical (unpaired) electrons. The van der Waals surface area contributed by atoms with Crippen LogP contribution in [0.15, 0.2) is 46.7 Å². The van der Waals surface area contributed by atoms with Crippen LogP contribution in [-0.2, 0) is 10.0 Å². The fraction of sp³-hybridized carbons (Fsp3) is 0.360. The number of rotatable bonds is 5. The van der Waals surface area contributed by atoms with Gasteiger partial charge in [0.1, 0.15) is 0 Å². The van der Waals surface area contributed by atoms with Gasteiger partial charge in [-0.3, -0.25) is 10.1 Å². The Balaban J connectivity index is 1.48. The van der Waals surface area contributed by atoms with Gasteiger partial charge in [-0.25, -0.2) is 13.4 Å². The van der Waals surface area contributed by atoms with Gasteiger partial charge < -0.3 is 0 Å². The lowest BCUT2D eigenvalue weighted by atomic mass is 9.98. The van der Waals surface area contributed by atoms with Crippen LogP contribution in [0.5, 0.6) is 0 Å². The molecule has 8 heteroatoms. The van der Waals surface area contributed by atoms with Gasteiger partial charge in [-0.2, -0.15) is 4.31 Å². The van der Waals surface area contributed by atoms with Crippen LogP contribution in [0.4, 0.5) is 5.13 Å². The highest BCUT2D eigenvalue weighted by molar-refractivity contribution is 7.89. The Bertz CT molecular complexity index is 1230. The molecule has 0 spiro atoms. The summed E-state index contributed by atoms with van der Waals surface area (Å²) in [5.41, 5.74) is 5.82. The summed E-state index contributed by atoms with van der Waals surface area (Å²) >= 11 is 1.37. The van der Waals surface area contributed by atoms with Crippen molar-refractivity contribution in [3.05, 3.63) is 64.0 Å². The van der Waals surface area contributed by atoms with Gasteiger partial charge >= 0.3 is 0 Å². The van der Waals surface area contributed by atoms with E-state index in [1.54, 1.807) is 16.4 Å². The normalized spacial score (nSPS) is 15.2. The molecule has 2 heterocycles. The van der Waals surface area contributed by atoms with E-state index in [4.69, 9.17) is 0 Å². The Labute approximate surface area is 199 Å². The molecule has 4 rings (SSSR count). The van der Waals surface area contributed by atoms with Crippen molar-refractivity contribution in [3.8, 4) is 11.3 Å². The first-order valence-corrected chi connectivity index (χ1v) is 13.5. The Morgan fingerprint density at radius 3 is 2.18 bits per heavy atom. The maximum Gasteiger partial charge on any atom is 0.257 e. The second-order valence-corrected chi connectivity index (χ2v) is 11.4. The maximum absolute atomic E-state index is 12.9. The van der Waals surface area contributed by atoms with Gasteiger partial charge in [-0.05, 0) is 69.0 Å². The van der Waals surface area contributed by atoms with Crippen LogP contribution in [0, 0.1) is 20.8 Å². The molecule has 6 nitrogen and oxygen atoms in total. The van der Waals surface area contributed by atoms with Crippen LogP contribution < -0.4 is 5.32 Å². The van der Waals surface area contributed by atoms with Crippen molar-refractivity contribution in [3.63, 3.8) is 0 Å². The third kappa shape index (κ3) is 5.18. The van der Waals surface area contributed by atoms with Gasteiger partial charge in [0.15, 0.2) is 5.13 Å². The van der Waals surface area contributed by atoms with Crippen molar-refractivity contribution in [2.75, 3.05) is 18.4 Å². The minimum atomic E-state index is -3.53. The van der Waals surface area contributed by atoms with E-state index in [9.17, 15) is 13.2 Å². The first-order chi connectivity index (χ1) is 15.8. The number of benzene rings is 2. The third-order valence-electron chi connectivity index (χ3n) is 5.98. The van der Waals surface area contributed by atoms with E-state index >= 15 is 0 Å². The molecule has 1 aliphatic rings. The Kier molecular flexibility index (Phi) is 6.97. The van der Waals surface area contributed by atoms with Crippen molar-refractivity contribution in [1.82, 2.24) is 9.29 Å². The molecule has 33 heavy (non-hydrogen) atoms. The third-order valence-corrected chi connectivity index (χ3v) is 8.65. The van der Waals surface area contributed by atoms with Gasteiger partial charge in [-0.15, -0.1) is 11.3 Å². The lowest BCUT2D eigenvalue weighted by Gasteiger charge is -2.20. The fourth-order valence-electron chi connectivity index (χ4n) is 4.41. The zero-order valence-corrected chi connectivity index (χ0v) is 20.9. The second kappa shape index (κ2) is 9.75. The first-order valence-electron chi connectivity index (χ1n) is 11.2. The highest BCUT2D eigenvalue weighted by Crippen LogP contribution is 2.31. The largest absolute Gasteiger partial charge is 0.298 e. The summed E-state index contributed by atoms with van der Waals surface area (Å²) in [6, 6.07) is 10.4. The van der Waals surface area contributed by atoms with E-state index in [0.717, 1.165) is 48.1 Å². The fourth-order valence-corrected chi connectivity index (χ4v) is 6.62. The first kappa shape index (κ1) is 23.6. The van der Waals surface area contributed by atoms with E-state index in [-0.39, 0.29) is 10.8 Å². The number of carbonyl (C=O) groups is 1. The molecule has 1 amide bonds. The summed E-state index contributed by atoms with van der Waals surface area (Å²) < 4.78 is 27.4. The molecule has 174 valence electrons. The van der Waals surface area contributed by atoms with Gasteiger partial charge in [0.25, 0.3) is 5.91 Å². The number of hydrogen-bond donors (Lipinski definition) is 1. The van der Waals surface area contributed by atoms with E-state index in [1.807, 2.05) is 5.38 Å². The molecule has 1 N–H and O–H groups in total. The average molecular weight is 484 g/mol. The molecule has 3 aromatic rings. The van der Waals surface area contributed by atoms with Crippen LogP contribution in [0.25, 0.3) is 11.3 Å². The molecule has 0 unspecified atom stereocenters. The molecule has 1 aromatic heterocycles. The minimum Gasteiger partial charge on any atom is -0.298 e. The van der Waals surface area contributed by atoms with Gasteiger partial charge in [0.05, 0.1) is 10.6 Å². The zero-order chi connectivity index (χ0) is 23.6. The van der Waals surface area contributed by atoms with Crippen LogP contribution >= 0.6 is 11.3 Å². The molecular weight excluding hydrogens is 454 g/mol. The highest BCUT2D eigenvalue weighted by Gasteiger charge is 2.25. The summed E-state index contributed by atoms with van der Waals surface area (Å²) in [6.07, 6.45) is 3.90. The topological polar surface area (TPSA) is 79.4 Å². The number of aryl methyl sites for hydroxylation is 3. The molecule has 2 aromatic carbocycles. The molecule has 1 aliphatic heterocycles. The van der Waals surface area contributed by atoms with E-state index in [1.165, 1.54) is 29.0 Å². The van der Waals surface area contributed by atoms with Crippen LogP contribution in [0.1, 0.15) is 52.7 Å². The summed E-state index contributed by atoms with van der Waals surface area (Å²) in [6.45, 7) is 7.30. The van der Waals surface area contributed by atoms with Crippen LogP contribution in [-0.4, -0.2) is 36.7 Å². The quantitative estimate of drug-likeness (QED) is 0.516.